The molecule has 4 nitrogen and oxygen atoms in total. The van der Waals surface area contributed by atoms with Gasteiger partial charge in [-0.3, -0.25) is 4.79 Å². The molecule has 0 heterocycles. The molecular formula is C28H28O4. The van der Waals surface area contributed by atoms with Crippen molar-refractivity contribution in [2.45, 2.75) is 39.7 Å². The van der Waals surface area contributed by atoms with Crippen molar-refractivity contribution in [3.63, 3.8) is 0 Å². The first-order valence-corrected chi connectivity index (χ1v) is 11.0. The summed E-state index contributed by atoms with van der Waals surface area (Å²) in [5.74, 6) is -1.18. The highest BCUT2D eigenvalue weighted by Gasteiger charge is 2.27. The van der Waals surface area contributed by atoms with Crippen LogP contribution in [0.15, 0.2) is 66.7 Å². The molecule has 0 radical (unpaired) electrons. The number of fused-ring (bicyclic) bond motifs is 6. The van der Waals surface area contributed by atoms with Crippen LogP contribution in [0.25, 0.3) is 32.3 Å². The third-order valence-electron chi connectivity index (χ3n) is 6.16. The smallest absolute Gasteiger partial charge is 0.345 e. The first-order chi connectivity index (χ1) is 15.3. The van der Waals surface area contributed by atoms with Crippen molar-refractivity contribution < 1.29 is 19.1 Å². The maximum Gasteiger partial charge on any atom is 0.345 e. The number of carbonyl (C=O) groups excluding carboxylic acids is 2. The summed E-state index contributed by atoms with van der Waals surface area (Å²) < 4.78 is 10.8. The van der Waals surface area contributed by atoms with Gasteiger partial charge in [-0.1, -0.05) is 74.5 Å². The van der Waals surface area contributed by atoms with E-state index in [1.165, 1.54) is 16.2 Å². The number of esters is 2. The van der Waals surface area contributed by atoms with Gasteiger partial charge in [-0.25, -0.2) is 4.79 Å². The van der Waals surface area contributed by atoms with Gasteiger partial charge in [0.2, 0.25) is 0 Å². The minimum absolute atomic E-state index is 0.237. The van der Waals surface area contributed by atoms with Crippen molar-refractivity contribution in [2.75, 3.05) is 6.61 Å². The number of ether oxygens (including phenoxy) is 2. The Morgan fingerprint density at radius 1 is 0.812 bits per heavy atom. The lowest BCUT2D eigenvalue weighted by atomic mass is 9.90. The Hall–Kier alpha value is -3.40. The van der Waals surface area contributed by atoms with Crippen LogP contribution in [0.1, 0.15) is 39.7 Å². The van der Waals surface area contributed by atoms with Gasteiger partial charge < -0.3 is 9.47 Å². The molecule has 0 spiro atoms. The summed E-state index contributed by atoms with van der Waals surface area (Å²) in [6.07, 6.45) is 0.666. The SMILES string of the molecule is CCC(C)C(=O)OCC(=O)OC(C)(C)c1ccc2c3ccccc3c3ccccc3c2c1. The van der Waals surface area contributed by atoms with Crippen LogP contribution in [-0.4, -0.2) is 18.5 Å². The van der Waals surface area contributed by atoms with Gasteiger partial charge in [0, 0.05) is 0 Å². The Balaban J connectivity index is 1.69. The van der Waals surface area contributed by atoms with Crippen molar-refractivity contribution in [3.05, 3.63) is 72.3 Å². The quantitative estimate of drug-likeness (QED) is 0.259. The van der Waals surface area contributed by atoms with Crippen LogP contribution >= 0.6 is 0 Å². The zero-order chi connectivity index (χ0) is 22.9. The summed E-state index contributed by atoms with van der Waals surface area (Å²) >= 11 is 0. The maximum absolute atomic E-state index is 12.4. The molecule has 1 unspecified atom stereocenters. The average Bonchev–Trinajstić information content (AvgIpc) is 2.81. The van der Waals surface area contributed by atoms with E-state index in [0.29, 0.717) is 6.42 Å². The number of carbonyl (C=O) groups is 2. The fourth-order valence-electron chi connectivity index (χ4n) is 4.09. The highest BCUT2D eigenvalue weighted by molar-refractivity contribution is 6.25. The molecule has 0 amide bonds. The number of rotatable bonds is 6. The van der Waals surface area contributed by atoms with E-state index in [2.05, 4.69) is 54.6 Å². The third kappa shape index (κ3) is 4.05. The van der Waals surface area contributed by atoms with E-state index < -0.39 is 11.6 Å². The number of benzene rings is 4. The molecule has 0 bridgehead atoms. The summed E-state index contributed by atoms with van der Waals surface area (Å²) in [6.45, 7) is 7.01. The minimum atomic E-state index is -0.874. The first-order valence-electron chi connectivity index (χ1n) is 11.0. The van der Waals surface area contributed by atoms with Crippen LogP contribution in [-0.2, 0) is 24.7 Å². The van der Waals surface area contributed by atoms with Crippen molar-refractivity contribution in [1.82, 2.24) is 0 Å². The van der Waals surface area contributed by atoms with Crippen LogP contribution in [0.4, 0.5) is 0 Å². The summed E-state index contributed by atoms with van der Waals surface area (Å²) in [5.41, 5.74) is 0.00731. The molecular weight excluding hydrogens is 400 g/mol. The molecule has 0 N–H and O–H groups in total. The summed E-state index contributed by atoms with van der Waals surface area (Å²) in [6, 6.07) is 23.0. The topological polar surface area (TPSA) is 52.6 Å². The lowest BCUT2D eigenvalue weighted by Gasteiger charge is -2.26. The maximum atomic E-state index is 12.4. The van der Waals surface area contributed by atoms with Crippen molar-refractivity contribution in [3.8, 4) is 0 Å². The Kier molecular flexibility index (Phi) is 5.88. The largest absolute Gasteiger partial charge is 0.453 e. The minimum Gasteiger partial charge on any atom is -0.453 e. The van der Waals surface area contributed by atoms with Gasteiger partial charge in [0.05, 0.1) is 5.92 Å². The molecule has 0 saturated carbocycles. The van der Waals surface area contributed by atoms with E-state index in [1.54, 1.807) is 6.92 Å². The summed E-state index contributed by atoms with van der Waals surface area (Å²) in [7, 11) is 0. The van der Waals surface area contributed by atoms with Crippen LogP contribution < -0.4 is 0 Å². The molecule has 1 atom stereocenters. The molecule has 4 heteroatoms. The second kappa shape index (κ2) is 8.62. The monoisotopic (exact) mass is 428 g/mol. The Morgan fingerprint density at radius 2 is 1.31 bits per heavy atom. The first kappa shape index (κ1) is 21.8. The zero-order valence-corrected chi connectivity index (χ0v) is 19.0. The molecule has 4 rings (SSSR count). The lowest BCUT2D eigenvalue weighted by Crippen LogP contribution is -2.29. The van der Waals surface area contributed by atoms with Gasteiger partial charge in [0.15, 0.2) is 6.61 Å². The molecule has 32 heavy (non-hydrogen) atoms. The molecule has 0 aliphatic carbocycles. The predicted molar refractivity (Wildman–Crippen MR) is 128 cm³/mol. The standard InChI is InChI=1S/C28H28O4/c1-5-18(2)27(30)31-17-26(29)32-28(3,4)19-14-15-24-22-12-7-6-10-20(22)21-11-8-9-13-23(21)25(24)16-19/h6-16,18H,5,17H2,1-4H3. The van der Waals surface area contributed by atoms with Gasteiger partial charge >= 0.3 is 11.9 Å². The highest BCUT2D eigenvalue weighted by Crippen LogP contribution is 2.37. The van der Waals surface area contributed by atoms with Gasteiger partial charge in [-0.05, 0) is 64.2 Å². The fraction of sp³-hybridized carbons (Fsp3) is 0.286. The summed E-state index contributed by atoms with van der Waals surface area (Å²) in [4.78, 5) is 24.3. The molecule has 0 fully saturated rings. The van der Waals surface area contributed by atoms with Gasteiger partial charge in [0.25, 0.3) is 0 Å². The lowest BCUT2D eigenvalue weighted by molar-refractivity contribution is -0.169. The molecule has 4 aromatic rings. The molecule has 0 aliphatic rings. The van der Waals surface area contributed by atoms with Gasteiger partial charge in [-0.2, -0.15) is 0 Å². The van der Waals surface area contributed by atoms with E-state index in [-0.39, 0.29) is 18.5 Å². The predicted octanol–water partition coefficient (Wildman–Crippen LogP) is 6.51. The second-order valence-corrected chi connectivity index (χ2v) is 8.75. The Labute approximate surface area is 188 Å². The van der Waals surface area contributed by atoms with E-state index >= 15 is 0 Å². The van der Waals surface area contributed by atoms with Crippen molar-refractivity contribution in [1.29, 1.82) is 0 Å². The van der Waals surface area contributed by atoms with Gasteiger partial charge in [0.1, 0.15) is 5.60 Å². The molecule has 0 aliphatic heterocycles. The fourth-order valence-corrected chi connectivity index (χ4v) is 4.09. The van der Waals surface area contributed by atoms with E-state index in [4.69, 9.17) is 9.47 Å². The van der Waals surface area contributed by atoms with Crippen LogP contribution in [0.5, 0.6) is 0 Å². The van der Waals surface area contributed by atoms with E-state index in [9.17, 15) is 9.59 Å². The Bertz CT molecular complexity index is 1280. The highest BCUT2D eigenvalue weighted by atomic mass is 16.6. The summed E-state index contributed by atoms with van der Waals surface area (Å²) in [5, 5.41) is 7.04. The normalized spacial score (nSPS) is 12.8. The third-order valence-corrected chi connectivity index (χ3v) is 6.16. The van der Waals surface area contributed by atoms with Crippen LogP contribution in [0.2, 0.25) is 0 Å². The molecule has 164 valence electrons. The average molecular weight is 429 g/mol. The Morgan fingerprint density at radius 3 is 1.84 bits per heavy atom. The van der Waals surface area contributed by atoms with E-state index in [1.807, 2.05) is 32.9 Å². The van der Waals surface area contributed by atoms with Crippen molar-refractivity contribution in [2.24, 2.45) is 5.92 Å². The van der Waals surface area contributed by atoms with E-state index in [0.717, 1.165) is 21.7 Å². The van der Waals surface area contributed by atoms with Crippen LogP contribution in [0, 0.1) is 5.92 Å². The molecule has 0 aromatic heterocycles. The van der Waals surface area contributed by atoms with Crippen LogP contribution in [0.3, 0.4) is 0 Å². The number of hydrogen-bond donors (Lipinski definition) is 0. The number of hydrogen-bond acceptors (Lipinski definition) is 4. The molecule has 0 saturated heterocycles. The van der Waals surface area contributed by atoms with Gasteiger partial charge in [-0.15, -0.1) is 0 Å². The zero-order valence-electron chi connectivity index (χ0n) is 19.0. The van der Waals surface area contributed by atoms with Crippen molar-refractivity contribution >= 4 is 44.3 Å². The second-order valence-electron chi connectivity index (χ2n) is 8.75. The molecule has 4 aromatic carbocycles.